The average Bonchev–Trinajstić information content (AvgIpc) is 3.21. The molecule has 1 saturated heterocycles. The number of hydrogen-bond donors (Lipinski definition) is 1. The second kappa shape index (κ2) is 5.65. The summed E-state index contributed by atoms with van der Waals surface area (Å²) in [6.07, 6.45) is 3.61. The summed E-state index contributed by atoms with van der Waals surface area (Å²) >= 11 is 6.78. The van der Waals surface area contributed by atoms with Crippen LogP contribution in [0.4, 0.5) is 0 Å². The molecule has 1 saturated carbocycles. The Kier molecular flexibility index (Phi) is 3.89. The van der Waals surface area contributed by atoms with Gasteiger partial charge in [0.05, 0.1) is 0 Å². The molecule has 1 aliphatic carbocycles. The van der Waals surface area contributed by atoms with E-state index in [1.54, 1.807) is 4.90 Å². The van der Waals surface area contributed by atoms with Gasteiger partial charge in [-0.05, 0) is 37.3 Å². The summed E-state index contributed by atoms with van der Waals surface area (Å²) in [6.45, 7) is 1.26. The van der Waals surface area contributed by atoms with Crippen LogP contribution in [0.15, 0.2) is 0 Å². The monoisotopic (exact) mass is 314 g/mol. The molecule has 6 nitrogen and oxygen atoms in total. The van der Waals surface area contributed by atoms with Gasteiger partial charge < -0.3 is 10.2 Å². The van der Waals surface area contributed by atoms with Crippen LogP contribution in [-0.4, -0.2) is 46.0 Å². The quantitative estimate of drug-likeness (QED) is 0.913. The number of carbonyl (C=O) groups is 2. The number of hydrogen-bond acceptors (Lipinski definition) is 5. The van der Waals surface area contributed by atoms with Crippen LogP contribution in [0.5, 0.6) is 0 Å². The first kappa shape index (κ1) is 13.8. The fraction of sp³-hybridized carbons (Fsp3) is 0.667. The standard InChI is InChI=1S/C12H15ClN4O2S/c13-12-16-15-10(20-12)11(19)17-5-3-8(4-6-17)14-9(18)7-1-2-7/h7-8H,1-6H2,(H,14,18). The molecule has 1 aliphatic heterocycles. The van der Waals surface area contributed by atoms with E-state index in [0.717, 1.165) is 37.0 Å². The van der Waals surface area contributed by atoms with Crippen molar-refractivity contribution in [1.82, 2.24) is 20.4 Å². The highest BCUT2D eigenvalue weighted by Gasteiger charge is 2.32. The minimum atomic E-state index is -0.124. The summed E-state index contributed by atoms with van der Waals surface area (Å²) in [7, 11) is 0. The number of rotatable bonds is 3. The van der Waals surface area contributed by atoms with Gasteiger partial charge in [-0.25, -0.2) is 0 Å². The second-order valence-corrected chi connectivity index (χ2v) is 6.77. The van der Waals surface area contributed by atoms with Crippen LogP contribution in [-0.2, 0) is 4.79 Å². The molecule has 0 spiro atoms. The number of halogens is 1. The van der Waals surface area contributed by atoms with Crippen LogP contribution >= 0.6 is 22.9 Å². The molecule has 2 amide bonds. The van der Waals surface area contributed by atoms with Crippen molar-refractivity contribution in [1.29, 1.82) is 0 Å². The Hall–Kier alpha value is -1.21. The summed E-state index contributed by atoms with van der Waals surface area (Å²) in [5.74, 6) is 0.283. The van der Waals surface area contributed by atoms with Crippen LogP contribution in [0.3, 0.4) is 0 Å². The first-order valence-corrected chi connectivity index (χ1v) is 7.91. The zero-order valence-electron chi connectivity index (χ0n) is 10.8. The molecular weight excluding hydrogens is 300 g/mol. The summed E-state index contributed by atoms with van der Waals surface area (Å²) in [6, 6.07) is 0.185. The van der Waals surface area contributed by atoms with Gasteiger partial charge in [0.25, 0.3) is 5.91 Å². The molecule has 1 aromatic heterocycles. The van der Waals surface area contributed by atoms with Gasteiger partial charge in [0.2, 0.25) is 15.4 Å². The summed E-state index contributed by atoms with van der Waals surface area (Å²) in [5, 5.41) is 10.8. The highest BCUT2D eigenvalue weighted by atomic mass is 35.5. The molecule has 1 aromatic rings. The summed E-state index contributed by atoms with van der Waals surface area (Å²) < 4.78 is 0.278. The Morgan fingerprint density at radius 1 is 1.20 bits per heavy atom. The zero-order valence-corrected chi connectivity index (χ0v) is 12.4. The fourth-order valence-corrected chi connectivity index (χ4v) is 3.11. The number of likely N-dealkylation sites (tertiary alicyclic amines) is 1. The maximum Gasteiger partial charge on any atom is 0.284 e. The van der Waals surface area contributed by atoms with E-state index in [9.17, 15) is 9.59 Å². The third kappa shape index (κ3) is 3.09. The lowest BCUT2D eigenvalue weighted by Crippen LogP contribution is -2.46. The third-order valence-electron chi connectivity index (χ3n) is 3.66. The van der Waals surface area contributed by atoms with Gasteiger partial charge in [-0.2, -0.15) is 0 Å². The van der Waals surface area contributed by atoms with E-state index < -0.39 is 0 Å². The molecule has 2 heterocycles. The van der Waals surface area contributed by atoms with Crippen molar-refractivity contribution < 1.29 is 9.59 Å². The average molecular weight is 315 g/mol. The maximum atomic E-state index is 12.1. The minimum absolute atomic E-state index is 0.124. The van der Waals surface area contributed by atoms with E-state index in [-0.39, 0.29) is 28.2 Å². The minimum Gasteiger partial charge on any atom is -0.353 e. The van der Waals surface area contributed by atoms with Gasteiger partial charge in [0.1, 0.15) is 0 Å². The number of nitrogens with one attached hydrogen (secondary N) is 1. The Morgan fingerprint density at radius 2 is 1.90 bits per heavy atom. The molecule has 3 rings (SSSR count). The molecule has 0 radical (unpaired) electrons. The molecule has 108 valence electrons. The highest BCUT2D eigenvalue weighted by Crippen LogP contribution is 2.29. The van der Waals surface area contributed by atoms with Gasteiger partial charge in [0.15, 0.2) is 0 Å². The van der Waals surface area contributed by atoms with Crippen molar-refractivity contribution in [2.45, 2.75) is 31.7 Å². The van der Waals surface area contributed by atoms with Gasteiger partial charge >= 0.3 is 0 Å². The van der Waals surface area contributed by atoms with Gasteiger partial charge in [-0.1, -0.05) is 11.3 Å². The fourth-order valence-electron chi connectivity index (χ4n) is 2.32. The first-order valence-electron chi connectivity index (χ1n) is 6.72. The third-order valence-corrected chi connectivity index (χ3v) is 4.67. The number of piperidine rings is 1. The Labute approximate surface area is 125 Å². The van der Waals surface area contributed by atoms with Crippen LogP contribution in [0.1, 0.15) is 35.5 Å². The van der Waals surface area contributed by atoms with Crippen molar-refractivity contribution in [2.24, 2.45) is 5.92 Å². The van der Waals surface area contributed by atoms with E-state index in [2.05, 4.69) is 15.5 Å². The number of carbonyl (C=O) groups excluding carboxylic acids is 2. The van der Waals surface area contributed by atoms with Crippen LogP contribution < -0.4 is 5.32 Å². The molecule has 2 fully saturated rings. The molecule has 0 unspecified atom stereocenters. The molecule has 20 heavy (non-hydrogen) atoms. The number of aromatic nitrogens is 2. The van der Waals surface area contributed by atoms with E-state index in [1.807, 2.05) is 0 Å². The number of nitrogens with zero attached hydrogens (tertiary/aromatic N) is 3. The SMILES string of the molecule is O=C(NC1CCN(C(=O)c2nnc(Cl)s2)CC1)C1CC1. The molecule has 2 aliphatic rings. The van der Waals surface area contributed by atoms with Crippen molar-refractivity contribution in [2.75, 3.05) is 13.1 Å². The smallest absolute Gasteiger partial charge is 0.284 e. The van der Waals surface area contributed by atoms with E-state index in [0.29, 0.717) is 18.1 Å². The lowest BCUT2D eigenvalue weighted by molar-refractivity contribution is -0.123. The normalized spacial score (nSPS) is 19.9. The summed E-state index contributed by atoms with van der Waals surface area (Å²) in [5.41, 5.74) is 0. The zero-order chi connectivity index (χ0) is 14.1. The Bertz CT molecular complexity index is 523. The van der Waals surface area contributed by atoms with Crippen LogP contribution in [0.25, 0.3) is 0 Å². The van der Waals surface area contributed by atoms with E-state index >= 15 is 0 Å². The Balaban J connectivity index is 1.50. The topological polar surface area (TPSA) is 75.2 Å². The molecule has 0 atom stereocenters. The highest BCUT2D eigenvalue weighted by molar-refractivity contribution is 7.17. The molecule has 0 aromatic carbocycles. The lowest BCUT2D eigenvalue weighted by atomic mass is 10.0. The molecule has 8 heteroatoms. The predicted octanol–water partition coefficient (Wildman–Crippen LogP) is 1.32. The van der Waals surface area contributed by atoms with E-state index in [1.165, 1.54) is 0 Å². The first-order chi connectivity index (χ1) is 9.63. The van der Waals surface area contributed by atoms with Crippen LogP contribution in [0.2, 0.25) is 4.47 Å². The van der Waals surface area contributed by atoms with Gasteiger partial charge in [-0.3, -0.25) is 9.59 Å². The number of amides is 2. The van der Waals surface area contributed by atoms with Crippen molar-refractivity contribution in [3.8, 4) is 0 Å². The molecule has 0 bridgehead atoms. The summed E-state index contributed by atoms with van der Waals surface area (Å²) in [4.78, 5) is 25.6. The lowest BCUT2D eigenvalue weighted by Gasteiger charge is -2.31. The molecular formula is C12H15ClN4O2S. The van der Waals surface area contributed by atoms with Crippen molar-refractivity contribution in [3.05, 3.63) is 9.47 Å². The Morgan fingerprint density at radius 3 is 2.45 bits per heavy atom. The molecule has 1 N–H and O–H groups in total. The second-order valence-electron chi connectivity index (χ2n) is 5.21. The van der Waals surface area contributed by atoms with Gasteiger partial charge in [0, 0.05) is 25.0 Å². The van der Waals surface area contributed by atoms with E-state index in [4.69, 9.17) is 11.6 Å². The van der Waals surface area contributed by atoms with Crippen molar-refractivity contribution in [3.63, 3.8) is 0 Å². The van der Waals surface area contributed by atoms with Crippen molar-refractivity contribution >= 4 is 34.8 Å². The maximum absolute atomic E-state index is 12.1. The predicted molar refractivity (Wildman–Crippen MR) is 74.7 cm³/mol. The largest absolute Gasteiger partial charge is 0.353 e. The van der Waals surface area contributed by atoms with Gasteiger partial charge in [-0.15, -0.1) is 10.2 Å². The van der Waals surface area contributed by atoms with Crippen LogP contribution in [0, 0.1) is 5.92 Å².